The van der Waals surface area contributed by atoms with Crippen molar-refractivity contribution in [2.75, 3.05) is 13.7 Å². The summed E-state index contributed by atoms with van der Waals surface area (Å²) in [6.45, 7) is 5.27. The third kappa shape index (κ3) is 3.50. The fourth-order valence-corrected chi connectivity index (χ4v) is 3.72. The van der Waals surface area contributed by atoms with Crippen molar-refractivity contribution in [1.82, 2.24) is 25.1 Å². The van der Waals surface area contributed by atoms with Crippen LogP contribution in [-0.2, 0) is 0 Å². The first-order valence-corrected chi connectivity index (χ1v) is 8.88. The number of aromatic nitrogens is 4. The Morgan fingerprint density at radius 2 is 2.28 bits per heavy atom. The van der Waals surface area contributed by atoms with Crippen LogP contribution in [-0.4, -0.2) is 50.7 Å². The number of methoxy groups -OCH3 is 1. The van der Waals surface area contributed by atoms with Crippen LogP contribution in [0.2, 0.25) is 0 Å². The van der Waals surface area contributed by atoms with Crippen LogP contribution in [0.15, 0.2) is 24.5 Å². The van der Waals surface area contributed by atoms with Crippen LogP contribution in [0.25, 0.3) is 5.69 Å². The maximum absolute atomic E-state index is 13.1. The number of hydrogen-bond acceptors (Lipinski definition) is 5. The van der Waals surface area contributed by atoms with E-state index in [0.717, 1.165) is 32.2 Å². The Hall–Kier alpha value is -2.44. The lowest BCUT2D eigenvalue weighted by atomic mass is 9.94. The van der Waals surface area contributed by atoms with Crippen molar-refractivity contribution in [3.05, 3.63) is 30.1 Å². The van der Waals surface area contributed by atoms with Crippen LogP contribution < -0.4 is 4.74 Å². The molecule has 1 fully saturated rings. The van der Waals surface area contributed by atoms with Gasteiger partial charge in [0.1, 0.15) is 17.8 Å². The second-order valence-corrected chi connectivity index (χ2v) is 6.62. The standard InChI is InChI=1S/C18H25N5O2/c1-4-6-13(2)15-7-5-10-22(15)18(24)14-8-9-17(25-3)16(11-14)23-12-19-20-21-23/h8-9,11-13,15H,4-7,10H2,1-3H3/t13-,15+/m0/s1. The summed E-state index contributed by atoms with van der Waals surface area (Å²) in [5.41, 5.74) is 1.30. The molecular formula is C18H25N5O2. The minimum Gasteiger partial charge on any atom is -0.494 e. The Morgan fingerprint density at radius 1 is 1.44 bits per heavy atom. The highest BCUT2D eigenvalue weighted by atomic mass is 16.5. The van der Waals surface area contributed by atoms with Gasteiger partial charge in [-0.05, 0) is 53.8 Å². The average molecular weight is 343 g/mol. The zero-order chi connectivity index (χ0) is 17.8. The summed E-state index contributed by atoms with van der Waals surface area (Å²) in [4.78, 5) is 15.1. The van der Waals surface area contributed by atoms with Gasteiger partial charge in [-0.3, -0.25) is 4.79 Å². The molecule has 0 spiro atoms. The summed E-state index contributed by atoms with van der Waals surface area (Å²) in [5, 5.41) is 11.2. The van der Waals surface area contributed by atoms with Crippen molar-refractivity contribution in [2.24, 2.45) is 5.92 Å². The van der Waals surface area contributed by atoms with Gasteiger partial charge >= 0.3 is 0 Å². The largest absolute Gasteiger partial charge is 0.494 e. The minimum atomic E-state index is 0.0717. The van der Waals surface area contributed by atoms with E-state index in [1.54, 1.807) is 19.2 Å². The summed E-state index contributed by atoms with van der Waals surface area (Å²) < 4.78 is 6.89. The first kappa shape index (κ1) is 17.4. The average Bonchev–Trinajstić information content (AvgIpc) is 3.32. The Labute approximate surface area is 148 Å². The van der Waals surface area contributed by atoms with E-state index in [2.05, 4.69) is 29.4 Å². The lowest BCUT2D eigenvalue weighted by molar-refractivity contribution is 0.0689. The first-order valence-electron chi connectivity index (χ1n) is 8.88. The number of rotatable bonds is 6. The number of benzene rings is 1. The van der Waals surface area contributed by atoms with Gasteiger partial charge in [0.25, 0.3) is 5.91 Å². The van der Waals surface area contributed by atoms with E-state index >= 15 is 0 Å². The molecule has 2 aromatic rings. The van der Waals surface area contributed by atoms with Crippen molar-refractivity contribution in [3.8, 4) is 11.4 Å². The third-order valence-electron chi connectivity index (χ3n) is 4.98. The normalized spacial score (nSPS) is 18.4. The number of amides is 1. The molecule has 1 amide bonds. The molecule has 7 heteroatoms. The van der Waals surface area contributed by atoms with Gasteiger partial charge in [-0.1, -0.05) is 20.3 Å². The highest BCUT2D eigenvalue weighted by Crippen LogP contribution is 2.30. The summed E-state index contributed by atoms with van der Waals surface area (Å²) in [6.07, 6.45) is 5.94. The number of carbonyl (C=O) groups excluding carboxylic acids is 1. The van der Waals surface area contributed by atoms with Crippen LogP contribution in [0, 0.1) is 5.92 Å². The van der Waals surface area contributed by atoms with Gasteiger partial charge in [0.15, 0.2) is 0 Å². The number of tetrazole rings is 1. The molecule has 0 aliphatic carbocycles. The number of carbonyl (C=O) groups is 1. The maximum Gasteiger partial charge on any atom is 0.254 e. The monoisotopic (exact) mass is 343 g/mol. The van der Waals surface area contributed by atoms with Gasteiger partial charge in [0, 0.05) is 18.2 Å². The Morgan fingerprint density at radius 3 is 2.96 bits per heavy atom. The third-order valence-corrected chi connectivity index (χ3v) is 4.98. The second-order valence-electron chi connectivity index (χ2n) is 6.62. The summed E-state index contributed by atoms with van der Waals surface area (Å²) in [6, 6.07) is 5.74. The molecule has 25 heavy (non-hydrogen) atoms. The van der Waals surface area contributed by atoms with E-state index in [9.17, 15) is 4.79 Å². The van der Waals surface area contributed by atoms with Crippen LogP contribution in [0.5, 0.6) is 5.75 Å². The molecule has 0 unspecified atom stereocenters. The van der Waals surface area contributed by atoms with Crippen LogP contribution in [0.1, 0.15) is 49.9 Å². The SMILES string of the molecule is CCC[C@H](C)[C@H]1CCCN1C(=O)c1ccc(OC)c(-n2cnnn2)c1. The molecule has 1 aromatic heterocycles. The quantitative estimate of drug-likeness (QED) is 0.806. The zero-order valence-corrected chi connectivity index (χ0v) is 15.1. The van der Waals surface area contributed by atoms with E-state index in [1.807, 2.05) is 11.0 Å². The topological polar surface area (TPSA) is 73.1 Å². The minimum absolute atomic E-state index is 0.0717. The Bertz CT molecular complexity index is 716. The maximum atomic E-state index is 13.1. The van der Waals surface area contributed by atoms with Gasteiger partial charge in [0.05, 0.1) is 7.11 Å². The zero-order valence-electron chi connectivity index (χ0n) is 15.1. The molecule has 134 valence electrons. The van der Waals surface area contributed by atoms with E-state index in [4.69, 9.17) is 4.74 Å². The Kier molecular flexibility index (Phi) is 5.31. The number of ether oxygens (including phenoxy) is 1. The van der Waals surface area contributed by atoms with Crippen molar-refractivity contribution in [2.45, 2.75) is 45.6 Å². The van der Waals surface area contributed by atoms with E-state index < -0.39 is 0 Å². The molecule has 1 aromatic carbocycles. The van der Waals surface area contributed by atoms with Gasteiger partial charge in [-0.25, -0.2) is 0 Å². The predicted molar refractivity (Wildman–Crippen MR) is 93.8 cm³/mol. The van der Waals surface area contributed by atoms with Gasteiger partial charge in [-0.15, -0.1) is 5.10 Å². The smallest absolute Gasteiger partial charge is 0.254 e. The Balaban J connectivity index is 1.88. The molecular weight excluding hydrogens is 318 g/mol. The molecule has 0 N–H and O–H groups in total. The lowest BCUT2D eigenvalue weighted by Crippen LogP contribution is -2.39. The lowest BCUT2D eigenvalue weighted by Gasteiger charge is -2.30. The highest BCUT2D eigenvalue weighted by Gasteiger charge is 2.33. The second kappa shape index (κ2) is 7.63. The van der Waals surface area contributed by atoms with E-state index in [0.29, 0.717) is 29.0 Å². The van der Waals surface area contributed by atoms with Crippen LogP contribution in [0.3, 0.4) is 0 Å². The van der Waals surface area contributed by atoms with Gasteiger partial charge in [-0.2, -0.15) is 4.68 Å². The fourth-order valence-electron chi connectivity index (χ4n) is 3.72. The number of nitrogens with zero attached hydrogens (tertiary/aromatic N) is 5. The molecule has 7 nitrogen and oxygen atoms in total. The van der Waals surface area contributed by atoms with E-state index in [1.165, 1.54) is 11.0 Å². The van der Waals surface area contributed by atoms with Crippen LogP contribution >= 0.6 is 0 Å². The van der Waals surface area contributed by atoms with Crippen LogP contribution in [0.4, 0.5) is 0 Å². The predicted octanol–water partition coefficient (Wildman–Crippen LogP) is 2.71. The molecule has 2 atom stereocenters. The van der Waals surface area contributed by atoms with Crippen molar-refractivity contribution >= 4 is 5.91 Å². The fraction of sp³-hybridized carbons (Fsp3) is 0.556. The summed E-state index contributed by atoms with van der Waals surface area (Å²) >= 11 is 0. The molecule has 0 saturated carbocycles. The molecule has 1 saturated heterocycles. The molecule has 0 radical (unpaired) electrons. The van der Waals surface area contributed by atoms with E-state index in [-0.39, 0.29) is 5.91 Å². The molecule has 1 aliphatic heterocycles. The molecule has 1 aliphatic rings. The number of hydrogen-bond donors (Lipinski definition) is 0. The molecule has 0 bridgehead atoms. The summed E-state index contributed by atoms with van der Waals surface area (Å²) in [7, 11) is 1.59. The van der Waals surface area contributed by atoms with Gasteiger partial charge in [0.2, 0.25) is 0 Å². The van der Waals surface area contributed by atoms with Crippen molar-refractivity contribution in [1.29, 1.82) is 0 Å². The van der Waals surface area contributed by atoms with Crippen molar-refractivity contribution in [3.63, 3.8) is 0 Å². The molecule has 2 heterocycles. The van der Waals surface area contributed by atoms with Gasteiger partial charge < -0.3 is 9.64 Å². The molecule has 3 rings (SSSR count). The summed E-state index contributed by atoms with van der Waals surface area (Å²) in [5.74, 6) is 1.22. The number of likely N-dealkylation sites (tertiary alicyclic amines) is 1. The van der Waals surface area contributed by atoms with Crippen molar-refractivity contribution < 1.29 is 9.53 Å². The highest BCUT2D eigenvalue weighted by molar-refractivity contribution is 5.95. The first-order chi connectivity index (χ1) is 12.2.